The van der Waals surface area contributed by atoms with E-state index in [0.29, 0.717) is 17.9 Å². The van der Waals surface area contributed by atoms with Crippen molar-refractivity contribution in [2.75, 3.05) is 32.2 Å². The molecule has 2 unspecified atom stereocenters. The minimum absolute atomic E-state index is 0.0381. The number of urea groups is 1. The highest BCUT2D eigenvalue weighted by Gasteiger charge is 2.32. The zero-order chi connectivity index (χ0) is 18.7. The van der Waals surface area contributed by atoms with Crippen molar-refractivity contribution in [1.82, 2.24) is 10.6 Å². The Morgan fingerprint density at radius 2 is 2.04 bits per heavy atom. The van der Waals surface area contributed by atoms with Crippen molar-refractivity contribution >= 4 is 17.7 Å². The molecule has 2 N–H and O–H groups in total. The Hall–Kier alpha value is -2.54. The summed E-state index contributed by atoms with van der Waals surface area (Å²) in [5.41, 5.74) is 2.79. The minimum Gasteiger partial charge on any atom is -0.459 e. The van der Waals surface area contributed by atoms with Crippen LogP contribution in [-0.2, 0) is 14.3 Å². The number of hydrogen-bond donors (Lipinski definition) is 2. The first-order valence-electron chi connectivity index (χ1n) is 8.80. The molecule has 0 saturated carbocycles. The van der Waals surface area contributed by atoms with Crippen LogP contribution in [0, 0.1) is 0 Å². The van der Waals surface area contributed by atoms with E-state index in [-0.39, 0.29) is 18.7 Å². The number of esters is 1. The first kappa shape index (κ1) is 18.3. The Bertz CT molecular complexity index is 706. The second kappa shape index (κ2) is 7.78. The first-order valence-corrected chi connectivity index (χ1v) is 8.80. The molecule has 2 aliphatic heterocycles. The summed E-state index contributed by atoms with van der Waals surface area (Å²) in [6.07, 6.45) is 1.85. The van der Waals surface area contributed by atoms with Gasteiger partial charge in [0.25, 0.3) is 0 Å². The van der Waals surface area contributed by atoms with E-state index >= 15 is 0 Å². The third kappa shape index (κ3) is 3.99. The van der Waals surface area contributed by atoms with Crippen LogP contribution < -0.4 is 15.5 Å². The third-order valence-corrected chi connectivity index (χ3v) is 4.66. The van der Waals surface area contributed by atoms with Gasteiger partial charge in [0.05, 0.1) is 17.7 Å². The fourth-order valence-corrected chi connectivity index (χ4v) is 3.20. The van der Waals surface area contributed by atoms with E-state index in [1.807, 2.05) is 43.3 Å². The molecular weight excluding hydrogens is 334 g/mol. The lowest BCUT2D eigenvalue weighted by molar-refractivity contribution is -0.142. The highest BCUT2D eigenvalue weighted by Crippen LogP contribution is 2.29. The second-order valence-electron chi connectivity index (χ2n) is 6.79. The van der Waals surface area contributed by atoms with E-state index < -0.39 is 12.0 Å². The smallest absolute Gasteiger partial charge is 0.338 e. The van der Waals surface area contributed by atoms with E-state index in [0.717, 1.165) is 24.1 Å². The van der Waals surface area contributed by atoms with Crippen LogP contribution in [0.3, 0.4) is 0 Å². The number of amides is 2. The molecule has 0 bridgehead atoms. The number of benzene rings is 1. The average molecular weight is 359 g/mol. The number of hydrogen-bond acceptors (Lipinski definition) is 5. The monoisotopic (exact) mass is 359 g/mol. The number of nitrogens with zero attached hydrogens (tertiary/aromatic N) is 1. The van der Waals surface area contributed by atoms with Crippen LogP contribution in [0.2, 0.25) is 0 Å². The maximum Gasteiger partial charge on any atom is 0.338 e. The molecule has 1 aromatic rings. The molecule has 2 heterocycles. The molecule has 2 aliphatic rings. The summed E-state index contributed by atoms with van der Waals surface area (Å²) in [6.45, 7) is 2.65. The van der Waals surface area contributed by atoms with Crippen LogP contribution in [0.15, 0.2) is 35.5 Å². The molecule has 2 atom stereocenters. The van der Waals surface area contributed by atoms with Gasteiger partial charge in [0.2, 0.25) is 0 Å². The molecule has 0 aromatic heterocycles. The van der Waals surface area contributed by atoms with E-state index in [9.17, 15) is 9.59 Å². The Morgan fingerprint density at radius 1 is 1.31 bits per heavy atom. The predicted octanol–water partition coefficient (Wildman–Crippen LogP) is 2.10. The van der Waals surface area contributed by atoms with Crippen molar-refractivity contribution in [1.29, 1.82) is 0 Å². The summed E-state index contributed by atoms with van der Waals surface area (Å²) in [6, 6.07) is 6.85. The molecular formula is C19H25N3O4. The highest BCUT2D eigenvalue weighted by molar-refractivity contribution is 5.95. The predicted molar refractivity (Wildman–Crippen MR) is 97.8 cm³/mol. The molecule has 1 fully saturated rings. The van der Waals surface area contributed by atoms with E-state index in [2.05, 4.69) is 10.6 Å². The normalized spacial score (nSPS) is 22.7. The molecule has 1 saturated heterocycles. The molecule has 0 radical (unpaired) electrons. The molecule has 7 heteroatoms. The van der Waals surface area contributed by atoms with Gasteiger partial charge in [-0.15, -0.1) is 0 Å². The van der Waals surface area contributed by atoms with Gasteiger partial charge in [0.15, 0.2) is 0 Å². The molecule has 3 rings (SSSR count). The first-order chi connectivity index (χ1) is 12.5. The number of carbonyl (C=O) groups is 2. The number of allylic oxidation sites excluding steroid dienone is 1. The number of rotatable bonds is 5. The molecule has 2 amide bonds. The van der Waals surface area contributed by atoms with Gasteiger partial charge >= 0.3 is 12.0 Å². The summed E-state index contributed by atoms with van der Waals surface area (Å²) in [4.78, 5) is 26.6. The van der Waals surface area contributed by atoms with Gasteiger partial charge in [-0.05, 0) is 37.5 Å². The zero-order valence-electron chi connectivity index (χ0n) is 15.4. The van der Waals surface area contributed by atoms with E-state index in [1.165, 1.54) is 0 Å². The van der Waals surface area contributed by atoms with Crippen LogP contribution in [0.25, 0.3) is 0 Å². The van der Waals surface area contributed by atoms with Gasteiger partial charge in [-0.25, -0.2) is 9.59 Å². The van der Waals surface area contributed by atoms with Gasteiger partial charge in [-0.2, -0.15) is 0 Å². The molecule has 0 spiro atoms. The van der Waals surface area contributed by atoms with Gasteiger partial charge < -0.3 is 25.0 Å². The molecule has 1 aromatic carbocycles. The summed E-state index contributed by atoms with van der Waals surface area (Å²) in [5, 5.41) is 5.47. The van der Waals surface area contributed by atoms with Crippen LogP contribution in [0.4, 0.5) is 10.5 Å². The number of ether oxygens (including phenoxy) is 2. The fraction of sp³-hybridized carbons (Fsp3) is 0.474. The quantitative estimate of drug-likeness (QED) is 0.787. The van der Waals surface area contributed by atoms with Crippen molar-refractivity contribution in [2.24, 2.45) is 0 Å². The van der Waals surface area contributed by atoms with Crippen LogP contribution >= 0.6 is 0 Å². The lowest BCUT2D eigenvalue weighted by atomic mass is 9.95. The third-order valence-electron chi connectivity index (χ3n) is 4.66. The summed E-state index contributed by atoms with van der Waals surface area (Å²) in [7, 11) is 3.92. The van der Waals surface area contributed by atoms with Crippen LogP contribution in [0.1, 0.15) is 31.4 Å². The van der Waals surface area contributed by atoms with E-state index in [1.54, 1.807) is 6.92 Å². The fourth-order valence-electron chi connectivity index (χ4n) is 3.20. The Labute approximate surface area is 153 Å². The van der Waals surface area contributed by atoms with Gasteiger partial charge in [-0.3, -0.25) is 0 Å². The van der Waals surface area contributed by atoms with Crippen molar-refractivity contribution in [3.63, 3.8) is 0 Å². The van der Waals surface area contributed by atoms with Gasteiger partial charge in [0.1, 0.15) is 6.61 Å². The standard InChI is InChI=1S/C19H25N3O4/c1-12-16(18(23)26-11-15-5-4-10-25-15)17(21-19(24)20-12)13-6-8-14(9-7-13)22(2)3/h6-9,15,17H,4-5,10-11H2,1-3H3,(H2,20,21,24). The van der Waals surface area contributed by atoms with Crippen LogP contribution in [0.5, 0.6) is 0 Å². The summed E-state index contributed by atoms with van der Waals surface area (Å²) >= 11 is 0. The van der Waals surface area contributed by atoms with Crippen molar-refractivity contribution in [3.8, 4) is 0 Å². The molecule has 7 nitrogen and oxygen atoms in total. The Kier molecular flexibility index (Phi) is 5.46. The maximum absolute atomic E-state index is 12.7. The average Bonchev–Trinajstić information content (AvgIpc) is 3.12. The Morgan fingerprint density at radius 3 is 2.65 bits per heavy atom. The maximum atomic E-state index is 12.7. The highest BCUT2D eigenvalue weighted by atomic mass is 16.6. The SMILES string of the molecule is CC1=C(C(=O)OCC2CCCO2)C(c2ccc(N(C)C)cc2)NC(=O)N1. The van der Waals surface area contributed by atoms with Crippen molar-refractivity contribution in [2.45, 2.75) is 31.9 Å². The summed E-state index contributed by atoms with van der Waals surface area (Å²) in [5.74, 6) is -0.438. The lowest BCUT2D eigenvalue weighted by Crippen LogP contribution is -2.45. The lowest BCUT2D eigenvalue weighted by Gasteiger charge is -2.28. The van der Waals surface area contributed by atoms with Gasteiger partial charge in [0, 0.05) is 32.1 Å². The minimum atomic E-state index is -0.544. The Balaban J connectivity index is 1.80. The van der Waals surface area contributed by atoms with Gasteiger partial charge in [-0.1, -0.05) is 12.1 Å². The van der Waals surface area contributed by atoms with E-state index in [4.69, 9.17) is 9.47 Å². The largest absolute Gasteiger partial charge is 0.459 e. The second-order valence-corrected chi connectivity index (χ2v) is 6.79. The molecule has 140 valence electrons. The van der Waals surface area contributed by atoms with Crippen molar-refractivity contribution < 1.29 is 19.1 Å². The number of carbonyl (C=O) groups excluding carboxylic acids is 2. The topological polar surface area (TPSA) is 79.9 Å². The van der Waals surface area contributed by atoms with Crippen LogP contribution in [-0.4, -0.2) is 45.4 Å². The summed E-state index contributed by atoms with van der Waals surface area (Å²) < 4.78 is 11.0. The number of nitrogens with one attached hydrogen (secondary N) is 2. The zero-order valence-corrected chi connectivity index (χ0v) is 15.4. The number of anilines is 1. The van der Waals surface area contributed by atoms with Crippen molar-refractivity contribution in [3.05, 3.63) is 41.1 Å². The molecule has 0 aliphatic carbocycles. The molecule has 26 heavy (non-hydrogen) atoms.